The van der Waals surface area contributed by atoms with Crippen molar-refractivity contribution in [2.45, 2.75) is 24.7 Å². The lowest BCUT2D eigenvalue weighted by Gasteiger charge is -2.18. The Hall–Kier alpha value is -1.10. The molecule has 1 saturated carbocycles. The number of epoxide rings is 1. The van der Waals surface area contributed by atoms with Crippen LogP contribution in [0.1, 0.15) is 6.42 Å². The minimum atomic E-state index is -1.14. The Bertz CT molecular complexity index is 289. The minimum absolute atomic E-state index is 0.0174. The van der Waals surface area contributed by atoms with Crippen LogP contribution in [0, 0.1) is 5.92 Å². The van der Waals surface area contributed by atoms with E-state index < -0.39 is 6.09 Å². The highest BCUT2D eigenvalue weighted by Gasteiger charge is 2.68. The topological polar surface area (TPSA) is 70.1 Å². The van der Waals surface area contributed by atoms with Crippen LogP contribution >= 0.6 is 0 Å². The molecule has 1 aliphatic carbocycles. The third-order valence-corrected chi connectivity index (χ3v) is 2.93. The molecule has 2 bridgehead atoms. The van der Waals surface area contributed by atoms with Crippen LogP contribution in [0.15, 0.2) is 0 Å². The molecule has 12 heavy (non-hydrogen) atoms. The standard InChI is InChI=1S/C7H7NO4/c9-6-2-1-3(5-4(2)12-5)8(6)7(10)11/h2-5H,1H2,(H,10,11)/t2-,3+,4+,5-/m0/s1. The molecule has 2 amide bonds. The molecule has 3 fully saturated rings. The summed E-state index contributed by atoms with van der Waals surface area (Å²) in [4.78, 5) is 22.9. The zero-order valence-corrected chi connectivity index (χ0v) is 6.14. The Kier molecular flexibility index (Phi) is 0.875. The van der Waals surface area contributed by atoms with E-state index in [0.29, 0.717) is 6.42 Å². The van der Waals surface area contributed by atoms with Gasteiger partial charge in [-0.05, 0) is 6.42 Å². The monoisotopic (exact) mass is 169 g/mol. The lowest BCUT2D eigenvalue weighted by Crippen LogP contribution is -2.44. The van der Waals surface area contributed by atoms with Crippen molar-refractivity contribution in [1.82, 2.24) is 4.90 Å². The van der Waals surface area contributed by atoms with E-state index in [-0.39, 0.29) is 30.1 Å². The number of amides is 2. The predicted molar refractivity (Wildman–Crippen MR) is 35.4 cm³/mol. The van der Waals surface area contributed by atoms with Crippen molar-refractivity contribution in [2.24, 2.45) is 5.92 Å². The van der Waals surface area contributed by atoms with Gasteiger partial charge in [-0.2, -0.15) is 0 Å². The molecular weight excluding hydrogens is 162 g/mol. The number of piperidine rings is 1. The molecule has 0 aromatic heterocycles. The summed E-state index contributed by atoms with van der Waals surface area (Å²) < 4.78 is 5.16. The molecule has 3 rings (SSSR count). The van der Waals surface area contributed by atoms with Crippen LogP contribution in [0.5, 0.6) is 0 Å². The van der Waals surface area contributed by atoms with Gasteiger partial charge in [0.25, 0.3) is 0 Å². The fourth-order valence-electron chi connectivity index (χ4n) is 2.37. The number of fused-ring (bicyclic) bond motifs is 5. The smallest absolute Gasteiger partial charge is 0.414 e. The van der Waals surface area contributed by atoms with Crippen molar-refractivity contribution in [2.75, 3.05) is 0 Å². The molecule has 5 heteroatoms. The number of rotatable bonds is 0. The van der Waals surface area contributed by atoms with Gasteiger partial charge < -0.3 is 9.84 Å². The summed E-state index contributed by atoms with van der Waals surface area (Å²) in [5.41, 5.74) is 0. The highest BCUT2D eigenvalue weighted by Crippen LogP contribution is 2.51. The van der Waals surface area contributed by atoms with Crippen molar-refractivity contribution < 1.29 is 19.4 Å². The molecule has 0 aromatic rings. The van der Waals surface area contributed by atoms with Crippen LogP contribution in [0.2, 0.25) is 0 Å². The quantitative estimate of drug-likeness (QED) is 0.504. The first-order chi connectivity index (χ1) is 5.70. The van der Waals surface area contributed by atoms with E-state index in [9.17, 15) is 9.59 Å². The molecular formula is C7H7NO4. The number of likely N-dealkylation sites (tertiary alicyclic amines) is 1. The van der Waals surface area contributed by atoms with Gasteiger partial charge in [0.2, 0.25) is 5.91 Å². The molecule has 2 aliphatic heterocycles. The second kappa shape index (κ2) is 1.64. The molecule has 2 heterocycles. The fraction of sp³-hybridized carbons (Fsp3) is 0.714. The van der Waals surface area contributed by atoms with Crippen molar-refractivity contribution >= 4 is 12.0 Å². The lowest BCUT2D eigenvalue weighted by atomic mass is 10.1. The number of carbonyl (C=O) groups excluding carboxylic acids is 1. The molecule has 0 radical (unpaired) electrons. The van der Waals surface area contributed by atoms with Gasteiger partial charge in [-0.3, -0.25) is 4.79 Å². The summed E-state index contributed by atoms with van der Waals surface area (Å²) in [6, 6.07) is -0.190. The van der Waals surface area contributed by atoms with Gasteiger partial charge in [0.1, 0.15) is 6.10 Å². The first-order valence-electron chi connectivity index (χ1n) is 3.91. The zero-order chi connectivity index (χ0) is 8.46. The van der Waals surface area contributed by atoms with Gasteiger partial charge in [-0.25, -0.2) is 9.69 Å². The van der Waals surface area contributed by atoms with Crippen LogP contribution in [-0.2, 0) is 9.53 Å². The van der Waals surface area contributed by atoms with Crippen LogP contribution in [0.25, 0.3) is 0 Å². The first-order valence-corrected chi connectivity index (χ1v) is 3.91. The predicted octanol–water partition coefficient (Wildman–Crippen LogP) is -0.338. The molecule has 3 aliphatic rings. The fourth-order valence-corrected chi connectivity index (χ4v) is 2.37. The average molecular weight is 169 g/mol. The number of carbonyl (C=O) groups is 2. The van der Waals surface area contributed by atoms with Crippen LogP contribution in [0.3, 0.4) is 0 Å². The highest BCUT2D eigenvalue weighted by molar-refractivity contribution is 5.96. The van der Waals surface area contributed by atoms with E-state index in [1.165, 1.54) is 0 Å². The summed E-state index contributed by atoms with van der Waals surface area (Å²) in [6.45, 7) is 0. The lowest BCUT2D eigenvalue weighted by molar-refractivity contribution is -0.131. The Morgan fingerprint density at radius 1 is 1.58 bits per heavy atom. The van der Waals surface area contributed by atoms with E-state index >= 15 is 0 Å². The molecule has 1 N–H and O–H groups in total. The summed E-state index contributed by atoms with van der Waals surface area (Å²) in [6.07, 6.45) is -0.413. The summed E-state index contributed by atoms with van der Waals surface area (Å²) in [7, 11) is 0. The molecule has 0 unspecified atom stereocenters. The Labute approximate surface area is 67.9 Å². The third-order valence-electron chi connectivity index (χ3n) is 2.93. The summed E-state index contributed by atoms with van der Waals surface area (Å²) >= 11 is 0. The number of ether oxygens (including phenoxy) is 1. The number of hydrogen-bond donors (Lipinski definition) is 1. The molecule has 4 atom stereocenters. The maximum absolute atomic E-state index is 11.3. The Balaban J connectivity index is 1.98. The van der Waals surface area contributed by atoms with E-state index in [1.807, 2.05) is 0 Å². The number of carboxylic acid groups (broad SMARTS) is 1. The summed E-state index contributed by atoms with van der Waals surface area (Å²) in [5, 5.41) is 8.69. The van der Waals surface area contributed by atoms with Crippen LogP contribution < -0.4 is 0 Å². The van der Waals surface area contributed by atoms with Crippen molar-refractivity contribution in [1.29, 1.82) is 0 Å². The molecule has 5 nitrogen and oxygen atoms in total. The Morgan fingerprint density at radius 3 is 2.92 bits per heavy atom. The van der Waals surface area contributed by atoms with Crippen molar-refractivity contribution in [3.05, 3.63) is 0 Å². The first kappa shape index (κ1) is 6.42. The number of hydrogen-bond acceptors (Lipinski definition) is 3. The summed E-state index contributed by atoms with van der Waals surface area (Å²) in [5.74, 6) is -0.442. The molecule has 0 spiro atoms. The second-order valence-corrected chi connectivity index (χ2v) is 3.47. The minimum Gasteiger partial charge on any atom is -0.465 e. The maximum atomic E-state index is 11.3. The van der Waals surface area contributed by atoms with Crippen LogP contribution in [-0.4, -0.2) is 40.3 Å². The van der Waals surface area contributed by atoms with Gasteiger partial charge >= 0.3 is 6.09 Å². The largest absolute Gasteiger partial charge is 0.465 e. The van der Waals surface area contributed by atoms with Crippen molar-refractivity contribution in [3.63, 3.8) is 0 Å². The molecule has 2 saturated heterocycles. The van der Waals surface area contributed by atoms with Gasteiger partial charge in [-0.15, -0.1) is 0 Å². The Morgan fingerprint density at radius 2 is 2.33 bits per heavy atom. The maximum Gasteiger partial charge on any atom is 0.414 e. The van der Waals surface area contributed by atoms with E-state index in [0.717, 1.165) is 4.90 Å². The van der Waals surface area contributed by atoms with E-state index in [4.69, 9.17) is 9.84 Å². The van der Waals surface area contributed by atoms with Gasteiger partial charge in [0.05, 0.1) is 18.1 Å². The highest BCUT2D eigenvalue weighted by atomic mass is 16.6. The zero-order valence-electron chi connectivity index (χ0n) is 6.14. The number of nitrogens with zero attached hydrogens (tertiary/aromatic N) is 1. The normalized spacial score (nSPS) is 48.0. The SMILES string of the molecule is O=C(O)N1C(=O)[C@H]2C[C@@H]1[C@@H]1O[C@@H]12. The molecule has 64 valence electrons. The average Bonchev–Trinajstić information content (AvgIpc) is 2.63. The third kappa shape index (κ3) is 0.513. The second-order valence-electron chi connectivity index (χ2n) is 3.47. The number of imide groups is 1. The van der Waals surface area contributed by atoms with Gasteiger partial charge in [-0.1, -0.05) is 0 Å². The van der Waals surface area contributed by atoms with Crippen molar-refractivity contribution in [3.8, 4) is 0 Å². The van der Waals surface area contributed by atoms with E-state index in [1.54, 1.807) is 0 Å². The van der Waals surface area contributed by atoms with Gasteiger partial charge in [0, 0.05) is 0 Å². The molecule has 0 aromatic carbocycles. The van der Waals surface area contributed by atoms with Crippen LogP contribution in [0.4, 0.5) is 4.79 Å². The van der Waals surface area contributed by atoms with Gasteiger partial charge in [0.15, 0.2) is 0 Å². The van der Waals surface area contributed by atoms with E-state index in [2.05, 4.69) is 0 Å².